The molecule has 2 aromatic rings. The SMILES string of the molecule is CC[C@H](C)OC(=O)C(C)(C)COc1c(-c2cccc3c2CCC3=O)ccc(OC)c1OC. The quantitative estimate of drug-likeness (QED) is 0.496. The van der Waals surface area contributed by atoms with E-state index in [9.17, 15) is 9.59 Å². The molecule has 172 valence electrons. The van der Waals surface area contributed by atoms with Gasteiger partial charge in [0, 0.05) is 17.5 Å². The number of ether oxygens (including phenoxy) is 4. The van der Waals surface area contributed by atoms with Crippen molar-refractivity contribution in [3.63, 3.8) is 0 Å². The van der Waals surface area contributed by atoms with Gasteiger partial charge < -0.3 is 18.9 Å². The fourth-order valence-corrected chi connectivity index (χ4v) is 3.73. The molecule has 0 saturated heterocycles. The Morgan fingerprint density at radius 3 is 2.38 bits per heavy atom. The lowest BCUT2D eigenvalue weighted by atomic mass is 9.94. The molecule has 0 saturated carbocycles. The van der Waals surface area contributed by atoms with E-state index in [1.807, 2.05) is 44.2 Å². The van der Waals surface area contributed by atoms with Crippen molar-refractivity contribution in [2.75, 3.05) is 20.8 Å². The Hall–Kier alpha value is -3.02. The number of methoxy groups -OCH3 is 2. The van der Waals surface area contributed by atoms with Gasteiger partial charge >= 0.3 is 5.97 Å². The van der Waals surface area contributed by atoms with Gasteiger partial charge in [-0.15, -0.1) is 0 Å². The van der Waals surface area contributed by atoms with Crippen LogP contribution in [0.2, 0.25) is 0 Å². The molecule has 0 aliphatic heterocycles. The van der Waals surface area contributed by atoms with Gasteiger partial charge in [0.15, 0.2) is 17.3 Å². The molecule has 0 amide bonds. The maximum Gasteiger partial charge on any atom is 0.315 e. The highest BCUT2D eigenvalue weighted by molar-refractivity contribution is 6.02. The third-order valence-electron chi connectivity index (χ3n) is 5.88. The van der Waals surface area contributed by atoms with Crippen LogP contribution >= 0.6 is 0 Å². The van der Waals surface area contributed by atoms with Crippen LogP contribution in [0.5, 0.6) is 17.2 Å². The van der Waals surface area contributed by atoms with Gasteiger partial charge in [0.25, 0.3) is 0 Å². The number of Topliss-reactive ketones (excluding diaryl/α,β-unsaturated/α-hetero) is 1. The monoisotopic (exact) mass is 440 g/mol. The van der Waals surface area contributed by atoms with Gasteiger partial charge in [0.05, 0.1) is 25.7 Å². The summed E-state index contributed by atoms with van der Waals surface area (Å²) in [5.41, 5.74) is 2.60. The Morgan fingerprint density at radius 2 is 1.72 bits per heavy atom. The van der Waals surface area contributed by atoms with Crippen LogP contribution in [0.1, 0.15) is 56.5 Å². The van der Waals surface area contributed by atoms with E-state index in [4.69, 9.17) is 18.9 Å². The predicted molar refractivity (Wildman–Crippen MR) is 123 cm³/mol. The normalized spacial score (nSPS) is 14.0. The van der Waals surface area contributed by atoms with E-state index in [2.05, 4.69) is 0 Å². The number of rotatable bonds is 9. The highest BCUT2D eigenvalue weighted by Gasteiger charge is 2.33. The number of ketones is 1. The summed E-state index contributed by atoms with van der Waals surface area (Å²) in [6, 6.07) is 9.45. The first-order valence-electron chi connectivity index (χ1n) is 11.0. The van der Waals surface area contributed by atoms with Crippen LogP contribution < -0.4 is 14.2 Å². The van der Waals surface area contributed by atoms with Gasteiger partial charge in [0.1, 0.15) is 6.61 Å². The average Bonchev–Trinajstić information content (AvgIpc) is 3.17. The maximum absolute atomic E-state index is 12.7. The summed E-state index contributed by atoms with van der Waals surface area (Å²) < 4.78 is 22.9. The molecule has 3 rings (SSSR count). The summed E-state index contributed by atoms with van der Waals surface area (Å²) in [6.07, 6.45) is 1.77. The van der Waals surface area contributed by atoms with Crippen LogP contribution in [0, 0.1) is 5.41 Å². The van der Waals surface area contributed by atoms with E-state index in [-0.39, 0.29) is 24.5 Å². The third kappa shape index (κ3) is 4.59. The zero-order chi connectivity index (χ0) is 23.5. The first-order valence-corrected chi connectivity index (χ1v) is 11.0. The van der Waals surface area contributed by atoms with Crippen LogP contribution in [0.3, 0.4) is 0 Å². The second-order valence-corrected chi connectivity index (χ2v) is 8.73. The first kappa shape index (κ1) is 23.6. The van der Waals surface area contributed by atoms with Crippen molar-refractivity contribution in [1.82, 2.24) is 0 Å². The smallest absolute Gasteiger partial charge is 0.315 e. The minimum atomic E-state index is -0.872. The molecule has 0 N–H and O–H groups in total. The van der Waals surface area contributed by atoms with Gasteiger partial charge in [0.2, 0.25) is 5.75 Å². The van der Waals surface area contributed by atoms with Gasteiger partial charge in [-0.3, -0.25) is 9.59 Å². The van der Waals surface area contributed by atoms with E-state index in [0.29, 0.717) is 30.1 Å². The van der Waals surface area contributed by atoms with Gasteiger partial charge in [-0.1, -0.05) is 25.1 Å². The summed E-state index contributed by atoms with van der Waals surface area (Å²) in [5, 5.41) is 0. The predicted octanol–water partition coefficient (Wildman–Crippen LogP) is 5.25. The second-order valence-electron chi connectivity index (χ2n) is 8.73. The van der Waals surface area contributed by atoms with Crippen molar-refractivity contribution < 1.29 is 28.5 Å². The summed E-state index contributed by atoms with van der Waals surface area (Å²) in [6.45, 7) is 7.52. The molecule has 0 fully saturated rings. The van der Waals surface area contributed by atoms with Gasteiger partial charge in [-0.25, -0.2) is 0 Å². The number of fused-ring (bicyclic) bond motifs is 1. The van der Waals surface area contributed by atoms with Crippen LogP contribution in [0.4, 0.5) is 0 Å². The van der Waals surface area contributed by atoms with E-state index in [1.54, 1.807) is 28.1 Å². The molecular formula is C26H32O6. The number of esters is 1. The molecule has 0 spiro atoms. The second kappa shape index (κ2) is 9.63. The third-order valence-corrected chi connectivity index (χ3v) is 5.88. The standard InChI is InChI=1S/C26H32O6/c1-7-16(2)32-25(28)26(3,4)15-31-23-20(12-14-22(29-5)24(23)30-6)17-9-8-10-19-18(17)11-13-21(19)27/h8-10,12,14,16H,7,11,13,15H2,1-6H3/t16-/m0/s1. The van der Waals surface area contributed by atoms with Crippen molar-refractivity contribution in [2.24, 2.45) is 5.41 Å². The van der Waals surface area contributed by atoms with Crippen molar-refractivity contribution >= 4 is 11.8 Å². The molecular weight excluding hydrogens is 408 g/mol. The average molecular weight is 441 g/mol. The lowest BCUT2D eigenvalue weighted by Crippen LogP contribution is -2.34. The Morgan fingerprint density at radius 1 is 1.00 bits per heavy atom. The Kier molecular flexibility index (Phi) is 7.12. The molecule has 1 aliphatic rings. The minimum absolute atomic E-state index is 0.0900. The van der Waals surface area contributed by atoms with E-state index >= 15 is 0 Å². The van der Waals surface area contributed by atoms with Crippen LogP contribution in [-0.4, -0.2) is 38.7 Å². The highest BCUT2D eigenvalue weighted by Crippen LogP contribution is 2.47. The van der Waals surface area contributed by atoms with E-state index in [0.717, 1.165) is 28.7 Å². The van der Waals surface area contributed by atoms with Gasteiger partial charge in [-0.05, 0) is 56.9 Å². The number of hydrogen-bond acceptors (Lipinski definition) is 6. The molecule has 1 aliphatic carbocycles. The molecule has 6 nitrogen and oxygen atoms in total. The largest absolute Gasteiger partial charge is 0.493 e. The lowest BCUT2D eigenvalue weighted by molar-refractivity contribution is -0.160. The number of carbonyl (C=O) groups excluding carboxylic acids is 2. The van der Waals surface area contributed by atoms with Crippen molar-refractivity contribution in [1.29, 1.82) is 0 Å². The van der Waals surface area contributed by atoms with Crippen molar-refractivity contribution in [3.05, 3.63) is 41.5 Å². The van der Waals surface area contributed by atoms with Crippen LogP contribution in [0.25, 0.3) is 11.1 Å². The zero-order valence-electron chi connectivity index (χ0n) is 19.7. The highest BCUT2D eigenvalue weighted by atomic mass is 16.6. The fraction of sp³-hybridized carbons (Fsp3) is 0.462. The first-order chi connectivity index (χ1) is 15.2. The summed E-state index contributed by atoms with van der Waals surface area (Å²) in [7, 11) is 3.11. The molecule has 1 atom stereocenters. The zero-order valence-corrected chi connectivity index (χ0v) is 19.7. The molecule has 2 aromatic carbocycles. The molecule has 0 heterocycles. The molecule has 6 heteroatoms. The molecule has 0 unspecified atom stereocenters. The molecule has 0 bridgehead atoms. The van der Waals surface area contributed by atoms with Crippen LogP contribution in [0.15, 0.2) is 30.3 Å². The van der Waals surface area contributed by atoms with E-state index in [1.165, 1.54) is 0 Å². The molecule has 0 radical (unpaired) electrons. The number of carbonyl (C=O) groups is 2. The summed E-state index contributed by atoms with van der Waals surface area (Å²) in [4.78, 5) is 25.0. The Balaban J connectivity index is 2.02. The molecule has 0 aromatic heterocycles. The number of benzene rings is 2. The summed E-state index contributed by atoms with van der Waals surface area (Å²) >= 11 is 0. The van der Waals surface area contributed by atoms with Crippen LogP contribution in [-0.2, 0) is 16.0 Å². The van der Waals surface area contributed by atoms with Gasteiger partial charge in [-0.2, -0.15) is 0 Å². The topological polar surface area (TPSA) is 71.1 Å². The Bertz CT molecular complexity index is 1010. The Labute approximate surface area is 189 Å². The molecule has 32 heavy (non-hydrogen) atoms. The minimum Gasteiger partial charge on any atom is -0.493 e. The number of hydrogen-bond donors (Lipinski definition) is 0. The lowest BCUT2D eigenvalue weighted by Gasteiger charge is -2.26. The van der Waals surface area contributed by atoms with Crippen molar-refractivity contribution in [3.8, 4) is 28.4 Å². The summed E-state index contributed by atoms with van der Waals surface area (Å²) in [5.74, 6) is 1.28. The van der Waals surface area contributed by atoms with E-state index < -0.39 is 5.41 Å². The fourth-order valence-electron chi connectivity index (χ4n) is 3.73. The maximum atomic E-state index is 12.7. The van der Waals surface area contributed by atoms with Crippen molar-refractivity contribution in [2.45, 2.75) is 53.1 Å².